The van der Waals surface area contributed by atoms with Crippen molar-refractivity contribution in [1.82, 2.24) is 0 Å². The van der Waals surface area contributed by atoms with Crippen LogP contribution in [0.25, 0.3) is 0 Å². The van der Waals surface area contributed by atoms with Crippen molar-refractivity contribution >= 4 is 0 Å². The molecular weight excluding hydrogens is 230 g/mol. The summed E-state index contributed by atoms with van der Waals surface area (Å²) < 4.78 is 15.6. The highest BCUT2D eigenvalue weighted by Gasteiger charge is 2.42. The standard InChI is InChI=1S/C10H21NO6/c1-2-15-3-4-16-10-7(11)9(14)8(13)6(5-12)17-10/h6-10,12-14H,2-5,11H2,1H3. The molecule has 1 aliphatic rings. The molecule has 1 heterocycles. The molecule has 5 atom stereocenters. The lowest BCUT2D eigenvalue weighted by Gasteiger charge is -2.40. The third-order valence-corrected chi connectivity index (χ3v) is 2.64. The number of rotatable bonds is 6. The third kappa shape index (κ3) is 3.85. The van der Waals surface area contributed by atoms with Crippen LogP contribution < -0.4 is 5.73 Å². The summed E-state index contributed by atoms with van der Waals surface area (Å²) in [6.45, 7) is 2.71. The zero-order valence-corrected chi connectivity index (χ0v) is 9.86. The number of hydrogen-bond donors (Lipinski definition) is 4. The Balaban J connectivity index is 2.42. The van der Waals surface area contributed by atoms with E-state index in [1.54, 1.807) is 0 Å². The van der Waals surface area contributed by atoms with E-state index in [0.29, 0.717) is 13.2 Å². The largest absolute Gasteiger partial charge is 0.394 e. The van der Waals surface area contributed by atoms with E-state index in [9.17, 15) is 10.2 Å². The van der Waals surface area contributed by atoms with Crippen LogP contribution in [0.2, 0.25) is 0 Å². The molecule has 17 heavy (non-hydrogen) atoms. The van der Waals surface area contributed by atoms with Crippen molar-refractivity contribution in [2.75, 3.05) is 26.4 Å². The Morgan fingerprint density at radius 1 is 1.24 bits per heavy atom. The lowest BCUT2D eigenvalue weighted by molar-refractivity contribution is -0.267. The normalized spacial score (nSPS) is 38.3. The molecule has 1 rings (SSSR count). The van der Waals surface area contributed by atoms with Crippen molar-refractivity contribution in [2.24, 2.45) is 5.73 Å². The lowest BCUT2D eigenvalue weighted by Crippen LogP contribution is -2.62. The maximum atomic E-state index is 9.64. The molecule has 0 amide bonds. The lowest BCUT2D eigenvalue weighted by atomic mass is 9.98. The minimum atomic E-state index is -1.21. The van der Waals surface area contributed by atoms with Gasteiger partial charge in [0.2, 0.25) is 0 Å². The van der Waals surface area contributed by atoms with Crippen molar-refractivity contribution < 1.29 is 29.5 Å². The van der Waals surface area contributed by atoms with Gasteiger partial charge in [-0.1, -0.05) is 0 Å². The van der Waals surface area contributed by atoms with Gasteiger partial charge in [-0.15, -0.1) is 0 Å². The van der Waals surface area contributed by atoms with E-state index in [1.807, 2.05) is 6.92 Å². The van der Waals surface area contributed by atoms with Crippen molar-refractivity contribution in [3.05, 3.63) is 0 Å². The van der Waals surface area contributed by atoms with Gasteiger partial charge in [-0.05, 0) is 6.92 Å². The van der Waals surface area contributed by atoms with E-state index in [4.69, 9.17) is 25.1 Å². The van der Waals surface area contributed by atoms with Crippen LogP contribution in [-0.4, -0.2) is 72.4 Å². The molecule has 102 valence electrons. The minimum absolute atomic E-state index is 0.271. The van der Waals surface area contributed by atoms with E-state index in [0.717, 1.165) is 0 Å². The van der Waals surface area contributed by atoms with Crippen LogP contribution in [0.4, 0.5) is 0 Å². The van der Waals surface area contributed by atoms with Crippen molar-refractivity contribution in [3.8, 4) is 0 Å². The van der Waals surface area contributed by atoms with Crippen LogP contribution in [0.15, 0.2) is 0 Å². The Morgan fingerprint density at radius 3 is 2.53 bits per heavy atom. The zero-order valence-electron chi connectivity index (χ0n) is 9.86. The molecule has 7 nitrogen and oxygen atoms in total. The van der Waals surface area contributed by atoms with E-state index >= 15 is 0 Å². The van der Waals surface area contributed by atoms with Gasteiger partial charge in [-0.3, -0.25) is 0 Å². The van der Waals surface area contributed by atoms with Crippen LogP contribution in [0.3, 0.4) is 0 Å². The molecule has 1 aliphatic heterocycles. The molecule has 1 fully saturated rings. The Bertz CT molecular complexity index is 215. The summed E-state index contributed by atoms with van der Waals surface area (Å²) in [5.74, 6) is 0. The predicted octanol–water partition coefficient (Wildman–Crippen LogP) is -2.19. The smallest absolute Gasteiger partial charge is 0.175 e. The summed E-state index contributed by atoms with van der Waals surface area (Å²) in [6.07, 6.45) is -4.13. The molecule has 0 saturated carbocycles. The van der Waals surface area contributed by atoms with E-state index in [-0.39, 0.29) is 6.61 Å². The van der Waals surface area contributed by atoms with Gasteiger partial charge in [0.25, 0.3) is 0 Å². The van der Waals surface area contributed by atoms with Crippen molar-refractivity contribution in [3.63, 3.8) is 0 Å². The molecule has 0 aromatic rings. The first kappa shape index (κ1) is 14.8. The van der Waals surface area contributed by atoms with Crippen LogP contribution in [0.1, 0.15) is 6.92 Å². The maximum Gasteiger partial charge on any atom is 0.175 e. The van der Waals surface area contributed by atoms with Crippen molar-refractivity contribution in [2.45, 2.75) is 37.6 Å². The molecule has 0 aromatic carbocycles. The molecule has 7 heteroatoms. The van der Waals surface area contributed by atoms with Gasteiger partial charge in [-0.2, -0.15) is 0 Å². The van der Waals surface area contributed by atoms with Gasteiger partial charge in [0.05, 0.1) is 25.9 Å². The summed E-state index contributed by atoms with van der Waals surface area (Å²) in [6, 6.07) is -0.852. The Morgan fingerprint density at radius 2 is 1.94 bits per heavy atom. The zero-order chi connectivity index (χ0) is 12.8. The van der Waals surface area contributed by atoms with E-state index in [1.165, 1.54) is 0 Å². The first-order valence-electron chi connectivity index (χ1n) is 5.69. The second-order valence-corrected chi connectivity index (χ2v) is 3.85. The second-order valence-electron chi connectivity index (χ2n) is 3.85. The van der Waals surface area contributed by atoms with Gasteiger partial charge >= 0.3 is 0 Å². The average molecular weight is 251 g/mol. The number of ether oxygens (including phenoxy) is 3. The fraction of sp³-hybridized carbons (Fsp3) is 1.00. The van der Waals surface area contributed by atoms with Crippen LogP contribution >= 0.6 is 0 Å². The van der Waals surface area contributed by atoms with Crippen molar-refractivity contribution in [1.29, 1.82) is 0 Å². The molecule has 0 bridgehead atoms. The molecule has 0 aromatic heterocycles. The second kappa shape index (κ2) is 7.22. The first-order valence-corrected chi connectivity index (χ1v) is 5.69. The quantitative estimate of drug-likeness (QED) is 0.396. The summed E-state index contributed by atoms with van der Waals surface area (Å²) in [7, 11) is 0. The first-order chi connectivity index (χ1) is 8.11. The maximum absolute atomic E-state index is 9.64. The molecule has 5 unspecified atom stereocenters. The van der Waals surface area contributed by atoms with Gasteiger partial charge in [0.15, 0.2) is 6.29 Å². The third-order valence-electron chi connectivity index (χ3n) is 2.64. The number of hydrogen-bond acceptors (Lipinski definition) is 7. The number of nitrogens with two attached hydrogens (primary N) is 1. The number of aliphatic hydroxyl groups excluding tert-OH is 3. The molecular formula is C10H21NO6. The summed E-state index contributed by atoms with van der Waals surface area (Å²) in [4.78, 5) is 0. The predicted molar refractivity (Wildman–Crippen MR) is 58.2 cm³/mol. The highest BCUT2D eigenvalue weighted by atomic mass is 16.7. The van der Waals surface area contributed by atoms with Gasteiger partial charge in [-0.25, -0.2) is 0 Å². The van der Waals surface area contributed by atoms with Crippen LogP contribution in [-0.2, 0) is 14.2 Å². The summed E-state index contributed by atoms with van der Waals surface area (Å²) >= 11 is 0. The highest BCUT2D eigenvalue weighted by molar-refractivity contribution is 4.91. The molecule has 1 saturated heterocycles. The SMILES string of the molecule is CCOCCOC1OC(CO)C(O)C(O)C1N. The number of aliphatic hydroxyl groups is 3. The summed E-state index contributed by atoms with van der Waals surface area (Å²) in [5, 5.41) is 28.2. The molecule has 0 radical (unpaired) electrons. The van der Waals surface area contributed by atoms with Crippen LogP contribution in [0.5, 0.6) is 0 Å². The van der Waals surface area contributed by atoms with Crippen LogP contribution in [0, 0.1) is 0 Å². The monoisotopic (exact) mass is 251 g/mol. The van der Waals surface area contributed by atoms with Gasteiger partial charge in [0.1, 0.15) is 18.3 Å². The summed E-state index contributed by atoms with van der Waals surface area (Å²) in [5.41, 5.74) is 5.66. The topological polar surface area (TPSA) is 114 Å². The average Bonchev–Trinajstić information content (AvgIpc) is 2.34. The molecule has 0 spiro atoms. The molecule has 5 N–H and O–H groups in total. The Kier molecular flexibility index (Phi) is 6.28. The fourth-order valence-electron chi connectivity index (χ4n) is 1.62. The minimum Gasteiger partial charge on any atom is -0.394 e. The van der Waals surface area contributed by atoms with E-state index < -0.39 is 37.3 Å². The van der Waals surface area contributed by atoms with E-state index in [2.05, 4.69) is 0 Å². The molecule has 0 aliphatic carbocycles. The Hall–Kier alpha value is -0.280. The Labute approximate surface area is 100 Å². The van der Waals surface area contributed by atoms with Gasteiger partial charge in [0, 0.05) is 6.61 Å². The highest BCUT2D eigenvalue weighted by Crippen LogP contribution is 2.20. The van der Waals surface area contributed by atoms with Gasteiger partial charge < -0.3 is 35.3 Å². The fourth-order valence-corrected chi connectivity index (χ4v) is 1.62.